The molecule has 0 aromatic heterocycles. The molecule has 0 saturated carbocycles. The number of halogens is 1. The van der Waals surface area contributed by atoms with Gasteiger partial charge in [-0.1, -0.05) is 34.7 Å². The van der Waals surface area contributed by atoms with E-state index in [0.717, 1.165) is 22.2 Å². The van der Waals surface area contributed by atoms with Crippen molar-refractivity contribution in [3.8, 4) is 5.75 Å². The third-order valence-corrected chi connectivity index (χ3v) is 2.78. The summed E-state index contributed by atoms with van der Waals surface area (Å²) in [6, 6.07) is 7.55. The average Bonchev–Trinajstić information content (AvgIpc) is 2.30. The number of carbonyl (C=O) groups is 1. The molecule has 0 aliphatic carbocycles. The molecule has 16 heavy (non-hydrogen) atoms. The summed E-state index contributed by atoms with van der Waals surface area (Å²) in [5.41, 5.74) is 0.916. The Morgan fingerprint density at radius 1 is 1.44 bits per heavy atom. The highest BCUT2D eigenvalue weighted by Crippen LogP contribution is 2.14. The first kappa shape index (κ1) is 13.3. The van der Waals surface area contributed by atoms with E-state index in [2.05, 4.69) is 27.3 Å². The van der Waals surface area contributed by atoms with Crippen LogP contribution in [0.3, 0.4) is 0 Å². The second kappa shape index (κ2) is 7.49. The van der Waals surface area contributed by atoms with E-state index in [1.165, 1.54) is 7.11 Å². The maximum Gasteiger partial charge on any atom is 0.309 e. The van der Waals surface area contributed by atoms with Crippen LogP contribution in [-0.2, 0) is 16.0 Å². The quantitative estimate of drug-likeness (QED) is 0.347. The minimum Gasteiger partial charge on any atom is -0.494 e. The molecule has 4 heteroatoms. The van der Waals surface area contributed by atoms with Crippen molar-refractivity contribution in [3.05, 3.63) is 29.8 Å². The third kappa shape index (κ3) is 4.83. The van der Waals surface area contributed by atoms with Gasteiger partial charge in [-0.3, -0.25) is 4.79 Å². The van der Waals surface area contributed by atoms with Crippen LogP contribution in [0.2, 0.25) is 0 Å². The minimum absolute atomic E-state index is 0.232. The third-order valence-electron chi connectivity index (χ3n) is 2.02. The summed E-state index contributed by atoms with van der Waals surface area (Å²) in [6.45, 7) is 0.713. The maximum atomic E-state index is 11.1. The summed E-state index contributed by atoms with van der Waals surface area (Å²) >= 11 is 2.32. The molecule has 0 N–H and O–H groups in total. The lowest BCUT2D eigenvalue weighted by molar-refractivity contribution is -0.139. The molecule has 1 aromatic carbocycles. The summed E-state index contributed by atoms with van der Waals surface area (Å²) in [6.07, 6.45) is 1.32. The normalized spacial score (nSPS) is 9.88. The van der Waals surface area contributed by atoms with Crippen LogP contribution in [0, 0.1) is 0 Å². The van der Waals surface area contributed by atoms with Gasteiger partial charge in [0.25, 0.3) is 0 Å². The van der Waals surface area contributed by atoms with Gasteiger partial charge in [0, 0.05) is 4.43 Å². The minimum atomic E-state index is -0.232. The Hall–Kier alpha value is -0.780. The highest BCUT2D eigenvalue weighted by molar-refractivity contribution is 14.1. The molecule has 0 spiro atoms. The topological polar surface area (TPSA) is 35.5 Å². The predicted molar refractivity (Wildman–Crippen MR) is 71.2 cm³/mol. The molecule has 1 aromatic rings. The van der Waals surface area contributed by atoms with E-state index in [1.54, 1.807) is 0 Å². The van der Waals surface area contributed by atoms with Crippen LogP contribution < -0.4 is 4.74 Å². The summed E-state index contributed by atoms with van der Waals surface area (Å²) in [4.78, 5) is 11.1. The molecule has 3 nitrogen and oxygen atoms in total. The highest BCUT2D eigenvalue weighted by Gasteiger charge is 2.03. The van der Waals surface area contributed by atoms with Crippen LogP contribution in [0.1, 0.15) is 12.0 Å². The predicted octanol–water partition coefficient (Wildman–Crippen LogP) is 2.61. The SMILES string of the molecule is COC(=O)Cc1cccc(OCCCI)c1. The van der Waals surface area contributed by atoms with Gasteiger partial charge in [-0.25, -0.2) is 0 Å². The first-order valence-corrected chi connectivity index (χ1v) is 6.63. The fourth-order valence-electron chi connectivity index (χ4n) is 1.23. The number of ether oxygens (including phenoxy) is 2. The molecule has 88 valence electrons. The molecular formula is C12H15IO3. The van der Waals surface area contributed by atoms with Gasteiger partial charge in [-0.05, 0) is 24.1 Å². The standard InChI is InChI=1S/C12H15IO3/c1-15-12(14)9-10-4-2-5-11(8-10)16-7-3-6-13/h2,4-5,8H,3,6-7,9H2,1H3. The summed E-state index contributed by atoms with van der Waals surface area (Å²) in [7, 11) is 1.39. The zero-order valence-corrected chi connectivity index (χ0v) is 11.4. The summed E-state index contributed by atoms with van der Waals surface area (Å²) in [5, 5.41) is 0. The molecule has 0 heterocycles. The molecule has 0 amide bonds. The fraction of sp³-hybridized carbons (Fsp3) is 0.417. The van der Waals surface area contributed by atoms with Gasteiger partial charge in [0.05, 0.1) is 20.1 Å². The van der Waals surface area contributed by atoms with Crippen molar-refractivity contribution in [2.45, 2.75) is 12.8 Å². The highest BCUT2D eigenvalue weighted by atomic mass is 127. The molecule has 0 bridgehead atoms. The van der Waals surface area contributed by atoms with Crippen molar-refractivity contribution in [1.82, 2.24) is 0 Å². The number of carbonyl (C=O) groups excluding carboxylic acids is 1. The molecule has 0 saturated heterocycles. The number of hydrogen-bond donors (Lipinski definition) is 0. The fourth-order valence-corrected chi connectivity index (χ4v) is 1.54. The van der Waals surface area contributed by atoms with Crippen molar-refractivity contribution in [2.24, 2.45) is 0 Å². The van der Waals surface area contributed by atoms with E-state index in [9.17, 15) is 4.79 Å². The van der Waals surface area contributed by atoms with Gasteiger partial charge < -0.3 is 9.47 Å². The Morgan fingerprint density at radius 2 is 2.25 bits per heavy atom. The zero-order chi connectivity index (χ0) is 11.8. The second-order valence-electron chi connectivity index (χ2n) is 3.29. The number of benzene rings is 1. The smallest absolute Gasteiger partial charge is 0.309 e. The van der Waals surface area contributed by atoms with Crippen molar-refractivity contribution in [1.29, 1.82) is 0 Å². The van der Waals surface area contributed by atoms with E-state index in [4.69, 9.17) is 4.74 Å². The van der Waals surface area contributed by atoms with E-state index in [1.807, 2.05) is 24.3 Å². The molecule has 0 unspecified atom stereocenters. The van der Waals surface area contributed by atoms with E-state index >= 15 is 0 Å². The van der Waals surface area contributed by atoms with Gasteiger partial charge >= 0.3 is 5.97 Å². The van der Waals surface area contributed by atoms with E-state index in [-0.39, 0.29) is 5.97 Å². The summed E-state index contributed by atoms with van der Waals surface area (Å²) in [5.74, 6) is 0.579. The van der Waals surface area contributed by atoms with Crippen molar-refractivity contribution in [2.75, 3.05) is 18.1 Å². The number of rotatable bonds is 6. The van der Waals surface area contributed by atoms with Crippen LogP contribution in [0.25, 0.3) is 0 Å². The second-order valence-corrected chi connectivity index (χ2v) is 4.37. The van der Waals surface area contributed by atoms with Crippen LogP contribution in [0.5, 0.6) is 5.75 Å². The monoisotopic (exact) mass is 334 g/mol. The first-order valence-electron chi connectivity index (χ1n) is 5.11. The first-order chi connectivity index (χ1) is 7.76. The Balaban J connectivity index is 2.53. The largest absolute Gasteiger partial charge is 0.494 e. The number of esters is 1. The number of methoxy groups -OCH3 is 1. The van der Waals surface area contributed by atoms with Crippen LogP contribution >= 0.6 is 22.6 Å². The van der Waals surface area contributed by atoms with Gasteiger partial charge in [-0.2, -0.15) is 0 Å². The van der Waals surface area contributed by atoms with E-state index < -0.39 is 0 Å². The van der Waals surface area contributed by atoms with Crippen molar-refractivity contribution < 1.29 is 14.3 Å². The molecule has 0 radical (unpaired) electrons. The average molecular weight is 334 g/mol. The Labute approximate surface area is 109 Å². The molecule has 1 rings (SSSR count). The zero-order valence-electron chi connectivity index (χ0n) is 9.24. The van der Waals surface area contributed by atoms with Crippen LogP contribution in [-0.4, -0.2) is 24.1 Å². The Bertz CT molecular complexity index is 339. The molecule has 0 aliphatic heterocycles. The Kier molecular flexibility index (Phi) is 6.22. The number of hydrogen-bond acceptors (Lipinski definition) is 3. The lowest BCUT2D eigenvalue weighted by Crippen LogP contribution is -2.05. The van der Waals surface area contributed by atoms with Gasteiger partial charge in [0.15, 0.2) is 0 Å². The lowest BCUT2D eigenvalue weighted by Gasteiger charge is -2.06. The number of alkyl halides is 1. The lowest BCUT2D eigenvalue weighted by atomic mass is 10.1. The molecule has 0 atom stereocenters. The Morgan fingerprint density at radius 3 is 2.94 bits per heavy atom. The molecule has 0 aliphatic rings. The van der Waals surface area contributed by atoms with Crippen molar-refractivity contribution >= 4 is 28.6 Å². The summed E-state index contributed by atoms with van der Waals surface area (Å²) < 4.78 is 11.2. The van der Waals surface area contributed by atoms with Crippen LogP contribution in [0.15, 0.2) is 24.3 Å². The van der Waals surface area contributed by atoms with Crippen molar-refractivity contribution in [3.63, 3.8) is 0 Å². The maximum absolute atomic E-state index is 11.1. The van der Waals surface area contributed by atoms with Gasteiger partial charge in [0.2, 0.25) is 0 Å². The van der Waals surface area contributed by atoms with E-state index in [0.29, 0.717) is 13.0 Å². The van der Waals surface area contributed by atoms with Gasteiger partial charge in [0.1, 0.15) is 5.75 Å². The molecular weight excluding hydrogens is 319 g/mol. The van der Waals surface area contributed by atoms with Crippen LogP contribution in [0.4, 0.5) is 0 Å². The van der Waals surface area contributed by atoms with Gasteiger partial charge in [-0.15, -0.1) is 0 Å². The molecule has 0 fully saturated rings.